The molecule has 0 bridgehead atoms. The van der Waals surface area contributed by atoms with Crippen molar-refractivity contribution in [2.24, 2.45) is 5.92 Å². The highest BCUT2D eigenvalue weighted by atomic mass is 32.1. The second-order valence-electron chi connectivity index (χ2n) is 14.8. The van der Waals surface area contributed by atoms with Crippen molar-refractivity contribution in [1.29, 1.82) is 0 Å². The largest absolute Gasteiger partial charge is 0.508 e. The van der Waals surface area contributed by atoms with Gasteiger partial charge in [0.2, 0.25) is 17.7 Å². The van der Waals surface area contributed by atoms with E-state index >= 15 is 0 Å². The maximum Gasteiger partial charge on any atom is 0.357 e. The highest BCUT2D eigenvalue weighted by Gasteiger charge is 2.46. The van der Waals surface area contributed by atoms with Crippen molar-refractivity contribution in [2.75, 3.05) is 20.2 Å². The molecule has 3 heterocycles. The van der Waals surface area contributed by atoms with Crippen LogP contribution in [0.25, 0.3) is 0 Å². The summed E-state index contributed by atoms with van der Waals surface area (Å²) in [6, 6.07) is 4.22. The molecule has 0 radical (unpaired) electrons. The van der Waals surface area contributed by atoms with E-state index in [2.05, 4.69) is 28.4 Å². The number of ether oxygens (including phenoxy) is 1. The maximum absolute atomic E-state index is 14.7. The van der Waals surface area contributed by atoms with E-state index in [0.717, 1.165) is 12.0 Å². The fourth-order valence-electron chi connectivity index (χ4n) is 7.42. The molecule has 2 aliphatic heterocycles. The summed E-state index contributed by atoms with van der Waals surface area (Å²) < 4.78 is 4.82. The van der Waals surface area contributed by atoms with E-state index in [0.29, 0.717) is 50.2 Å². The van der Waals surface area contributed by atoms with Crippen LogP contribution in [0.15, 0.2) is 55.0 Å². The average molecular weight is 722 g/mol. The van der Waals surface area contributed by atoms with Crippen molar-refractivity contribution in [1.82, 2.24) is 25.0 Å². The number of methoxy groups -OCH3 is 1. The molecule has 5 atom stereocenters. The lowest BCUT2D eigenvalue weighted by molar-refractivity contribution is -0.147. The highest BCUT2D eigenvalue weighted by Crippen LogP contribution is 2.37. The summed E-state index contributed by atoms with van der Waals surface area (Å²) in [5.41, 5.74) is -0.245. The van der Waals surface area contributed by atoms with Crippen LogP contribution in [0.4, 0.5) is 0 Å². The quantitative estimate of drug-likeness (QED) is 0.178. The van der Waals surface area contributed by atoms with Crippen LogP contribution >= 0.6 is 11.3 Å². The van der Waals surface area contributed by atoms with Gasteiger partial charge in [0.25, 0.3) is 0 Å². The molecular formula is C39H55N5O6S. The third kappa shape index (κ3) is 8.72. The Kier molecular flexibility index (Phi) is 12.9. The molecule has 0 spiro atoms. The monoisotopic (exact) mass is 721 g/mol. The molecule has 12 heteroatoms. The van der Waals surface area contributed by atoms with Crippen LogP contribution in [0.3, 0.4) is 0 Å². The second-order valence-corrected chi connectivity index (χ2v) is 15.7. The van der Waals surface area contributed by atoms with Crippen LogP contribution < -0.4 is 5.32 Å². The summed E-state index contributed by atoms with van der Waals surface area (Å²) in [5, 5.41) is 15.4. The van der Waals surface area contributed by atoms with Crippen molar-refractivity contribution >= 4 is 35.0 Å². The summed E-state index contributed by atoms with van der Waals surface area (Å²) >= 11 is 1.33. The van der Waals surface area contributed by atoms with Crippen molar-refractivity contribution in [3.63, 3.8) is 0 Å². The number of carbonyl (C=O) groups excluding carboxylic acids is 4. The molecule has 11 nitrogen and oxygen atoms in total. The molecule has 0 aliphatic carbocycles. The first-order valence-corrected chi connectivity index (χ1v) is 18.8. The highest BCUT2D eigenvalue weighted by molar-refractivity contribution is 7.09. The average Bonchev–Trinajstić information content (AvgIpc) is 3.91. The van der Waals surface area contributed by atoms with E-state index in [-0.39, 0.29) is 41.1 Å². The summed E-state index contributed by atoms with van der Waals surface area (Å²) in [7, 11) is 1.31. The number of aromatic nitrogens is 1. The molecule has 278 valence electrons. The van der Waals surface area contributed by atoms with Crippen LogP contribution in [0.2, 0.25) is 0 Å². The normalized spacial score (nSPS) is 19.8. The zero-order valence-electron chi connectivity index (χ0n) is 31.2. The number of aromatic hydroxyl groups is 1. The van der Waals surface area contributed by atoms with Crippen LogP contribution in [0.5, 0.6) is 5.75 Å². The zero-order chi connectivity index (χ0) is 37.7. The first-order valence-electron chi connectivity index (χ1n) is 17.9. The Hall–Kier alpha value is -4.03. The van der Waals surface area contributed by atoms with E-state index in [1.54, 1.807) is 51.6 Å². The molecule has 51 heavy (non-hydrogen) atoms. The molecule has 1 aromatic heterocycles. The number of benzene rings is 1. The molecule has 2 saturated heterocycles. The number of thiazole rings is 1. The minimum Gasteiger partial charge on any atom is -0.508 e. The van der Waals surface area contributed by atoms with Crippen molar-refractivity contribution in [3.05, 3.63) is 71.2 Å². The van der Waals surface area contributed by atoms with Gasteiger partial charge < -0.3 is 25.0 Å². The predicted octanol–water partition coefficient (Wildman–Crippen LogP) is 5.66. The van der Waals surface area contributed by atoms with E-state index in [9.17, 15) is 24.3 Å². The van der Waals surface area contributed by atoms with Gasteiger partial charge in [-0.1, -0.05) is 44.6 Å². The van der Waals surface area contributed by atoms with Gasteiger partial charge in [-0.25, -0.2) is 9.78 Å². The number of hydrogen-bond acceptors (Lipinski definition) is 9. The predicted molar refractivity (Wildman–Crippen MR) is 199 cm³/mol. The number of rotatable bonds is 15. The molecule has 5 unspecified atom stereocenters. The molecule has 4 rings (SSSR count). The number of esters is 1. The third-order valence-electron chi connectivity index (χ3n) is 10.6. The van der Waals surface area contributed by atoms with E-state index in [1.807, 2.05) is 41.5 Å². The molecular weight excluding hydrogens is 667 g/mol. The number of nitrogens with one attached hydrogen (secondary N) is 1. The fraction of sp³-hybridized carbons (Fsp3) is 0.564. The van der Waals surface area contributed by atoms with Crippen LogP contribution in [0.1, 0.15) is 101 Å². The molecule has 2 fully saturated rings. The molecule has 2 N–H and O–H groups in total. The number of amides is 3. The summed E-state index contributed by atoms with van der Waals surface area (Å²) in [4.78, 5) is 65.5. The summed E-state index contributed by atoms with van der Waals surface area (Å²) in [6.07, 6.45) is 7.25. The number of likely N-dealkylation sites (tertiary alicyclic amines) is 2. The first-order chi connectivity index (χ1) is 24.1. The number of phenols is 1. The maximum atomic E-state index is 14.7. The lowest BCUT2D eigenvalue weighted by Crippen LogP contribution is -2.65. The Morgan fingerprint density at radius 2 is 1.67 bits per heavy atom. The smallest absolute Gasteiger partial charge is 0.357 e. The van der Waals surface area contributed by atoms with Gasteiger partial charge in [-0.3, -0.25) is 19.3 Å². The van der Waals surface area contributed by atoms with Crippen molar-refractivity contribution < 1.29 is 29.0 Å². The molecule has 1 aromatic carbocycles. The van der Waals surface area contributed by atoms with Crippen LogP contribution in [-0.4, -0.2) is 97.9 Å². The van der Waals surface area contributed by atoms with E-state index in [4.69, 9.17) is 4.74 Å². The zero-order valence-corrected chi connectivity index (χ0v) is 32.0. The number of nitrogens with zero attached hydrogens (tertiary/aromatic N) is 4. The first kappa shape index (κ1) is 39.8. The van der Waals surface area contributed by atoms with Crippen LogP contribution in [-0.2, 0) is 25.5 Å². The number of carbonyl (C=O) groups is 4. The summed E-state index contributed by atoms with van der Waals surface area (Å²) in [6.45, 7) is 21.0. The van der Waals surface area contributed by atoms with E-state index < -0.39 is 35.2 Å². The second kappa shape index (κ2) is 16.5. The topological polar surface area (TPSA) is 132 Å². The molecule has 2 aromatic rings. The minimum absolute atomic E-state index is 0.129. The summed E-state index contributed by atoms with van der Waals surface area (Å²) in [5.74, 6) is -1.33. The van der Waals surface area contributed by atoms with Crippen molar-refractivity contribution in [3.8, 4) is 5.75 Å². The Labute approximate surface area is 306 Å². The van der Waals surface area contributed by atoms with Crippen LogP contribution in [0, 0.1) is 5.92 Å². The lowest BCUT2D eigenvalue weighted by Gasteiger charge is -2.50. The van der Waals surface area contributed by atoms with Crippen molar-refractivity contribution in [2.45, 2.75) is 115 Å². The molecule has 2 aliphatic rings. The number of phenolic OH excluding ortho intramolecular Hbond substituents is 1. The Morgan fingerprint density at radius 3 is 2.25 bits per heavy atom. The van der Waals surface area contributed by atoms with Gasteiger partial charge in [0.1, 0.15) is 22.8 Å². The van der Waals surface area contributed by atoms with Gasteiger partial charge in [0.15, 0.2) is 5.69 Å². The Balaban J connectivity index is 1.63. The fourth-order valence-corrected chi connectivity index (χ4v) is 8.35. The number of hydrogen-bond donors (Lipinski definition) is 2. The van der Waals surface area contributed by atoms with Gasteiger partial charge in [-0.2, -0.15) is 0 Å². The Morgan fingerprint density at radius 1 is 1.06 bits per heavy atom. The standard InChI is InChI=1S/C39H55N5O6S/c1-10-25(4)32(41-33(46)31(23-26-17-19-27(45)20-18-26)44(38(5,6)11-2)39(7,8)12-3)36(48)43-22-14-16-30(43)35(47)42-21-13-15-29(42)34-40-28(24-51-34)37(49)50-9/h11-12,17-20,24-25,29-32,45H,2-3,10,13-16,21-23H2,1,4-9H3,(H,41,46). The van der Waals surface area contributed by atoms with Gasteiger partial charge in [-0.05, 0) is 83.4 Å². The van der Waals surface area contributed by atoms with Gasteiger partial charge in [0, 0.05) is 29.5 Å². The lowest BCUT2D eigenvalue weighted by atomic mass is 9.87. The Bertz CT molecular complexity index is 1570. The SMILES string of the molecule is C=CC(C)(C)N(C(Cc1ccc(O)cc1)C(=O)NC(C(=O)N1CCCC1C(=O)N1CCCC1c1nc(C(=O)OC)cs1)C(C)CC)C(C)(C)C=C. The van der Waals surface area contributed by atoms with Gasteiger partial charge >= 0.3 is 5.97 Å². The van der Waals surface area contributed by atoms with E-state index in [1.165, 1.54) is 18.4 Å². The minimum atomic E-state index is -0.866. The molecule has 0 saturated carbocycles. The molecule has 3 amide bonds. The van der Waals surface area contributed by atoms with Gasteiger partial charge in [-0.15, -0.1) is 24.5 Å². The van der Waals surface area contributed by atoms with Gasteiger partial charge in [0.05, 0.1) is 19.2 Å². The third-order valence-corrected chi connectivity index (χ3v) is 11.5.